The van der Waals surface area contributed by atoms with Gasteiger partial charge in [-0.3, -0.25) is 0 Å². The van der Waals surface area contributed by atoms with Crippen LogP contribution in [0.25, 0.3) is 0 Å². The SMILES string of the molecule is O=C(Nc1cc(N2CCOCC2)ccc1Cl)N[C@H]1C=CS(=O)(=O)C1. The summed E-state index contributed by atoms with van der Waals surface area (Å²) in [5, 5.41) is 6.80. The molecule has 0 unspecified atom stereocenters. The van der Waals surface area contributed by atoms with Gasteiger partial charge in [0.1, 0.15) is 0 Å². The van der Waals surface area contributed by atoms with Crippen molar-refractivity contribution in [2.24, 2.45) is 0 Å². The first-order chi connectivity index (χ1) is 11.4. The van der Waals surface area contributed by atoms with E-state index in [0.29, 0.717) is 23.9 Å². The molecule has 0 saturated carbocycles. The highest BCUT2D eigenvalue weighted by atomic mass is 35.5. The van der Waals surface area contributed by atoms with Crippen LogP contribution in [0.3, 0.4) is 0 Å². The van der Waals surface area contributed by atoms with Crippen molar-refractivity contribution in [3.05, 3.63) is 34.7 Å². The van der Waals surface area contributed by atoms with E-state index >= 15 is 0 Å². The van der Waals surface area contributed by atoms with Crippen molar-refractivity contribution in [1.29, 1.82) is 0 Å². The third-order valence-corrected chi connectivity index (χ3v) is 5.55. The molecule has 24 heavy (non-hydrogen) atoms. The number of carbonyl (C=O) groups excluding carboxylic acids is 1. The molecule has 9 heteroatoms. The number of morpholine rings is 1. The zero-order chi connectivity index (χ0) is 17.2. The predicted octanol–water partition coefficient (Wildman–Crippen LogP) is 1.61. The second-order valence-electron chi connectivity index (χ2n) is 5.63. The van der Waals surface area contributed by atoms with E-state index in [-0.39, 0.29) is 5.75 Å². The number of ether oxygens (including phenoxy) is 1. The fourth-order valence-electron chi connectivity index (χ4n) is 2.62. The Kier molecular flexibility index (Phi) is 4.98. The van der Waals surface area contributed by atoms with E-state index in [4.69, 9.17) is 16.3 Å². The molecule has 2 heterocycles. The second-order valence-corrected chi connectivity index (χ2v) is 7.97. The molecule has 1 atom stereocenters. The van der Waals surface area contributed by atoms with Crippen LogP contribution in [0.2, 0.25) is 5.02 Å². The van der Waals surface area contributed by atoms with Crippen LogP contribution in [0.1, 0.15) is 0 Å². The zero-order valence-corrected chi connectivity index (χ0v) is 14.4. The van der Waals surface area contributed by atoms with E-state index in [0.717, 1.165) is 24.2 Å². The summed E-state index contributed by atoms with van der Waals surface area (Å²) in [5.74, 6) is -0.123. The summed E-state index contributed by atoms with van der Waals surface area (Å²) >= 11 is 6.15. The van der Waals surface area contributed by atoms with Gasteiger partial charge in [-0.15, -0.1) is 0 Å². The van der Waals surface area contributed by atoms with Gasteiger partial charge in [-0.25, -0.2) is 13.2 Å². The lowest BCUT2D eigenvalue weighted by Gasteiger charge is -2.29. The summed E-state index contributed by atoms with van der Waals surface area (Å²) in [6, 6.07) is 4.39. The van der Waals surface area contributed by atoms with Crippen molar-refractivity contribution in [2.75, 3.05) is 42.3 Å². The molecule has 0 aliphatic carbocycles. The number of urea groups is 1. The van der Waals surface area contributed by atoms with Crippen LogP contribution in [-0.4, -0.2) is 52.5 Å². The molecule has 1 saturated heterocycles. The maximum absolute atomic E-state index is 12.1. The summed E-state index contributed by atoms with van der Waals surface area (Å²) in [7, 11) is -3.21. The molecule has 0 radical (unpaired) electrons. The second kappa shape index (κ2) is 7.00. The van der Waals surface area contributed by atoms with Crippen LogP contribution >= 0.6 is 11.6 Å². The third kappa shape index (κ3) is 4.19. The van der Waals surface area contributed by atoms with Crippen molar-refractivity contribution < 1.29 is 17.9 Å². The van der Waals surface area contributed by atoms with E-state index in [1.165, 1.54) is 6.08 Å². The standard InChI is InChI=1S/C15H18ClN3O4S/c16-13-2-1-12(19-4-6-23-7-5-19)9-14(13)18-15(20)17-11-3-8-24(21,22)10-11/h1-3,8-9,11H,4-7,10H2,(H2,17,18,20)/t11-/m0/s1. The van der Waals surface area contributed by atoms with Gasteiger partial charge in [-0.2, -0.15) is 0 Å². The Morgan fingerprint density at radius 2 is 2.04 bits per heavy atom. The molecule has 1 fully saturated rings. The van der Waals surface area contributed by atoms with Gasteiger partial charge in [0, 0.05) is 24.2 Å². The number of nitrogens with zero attached hydrogens (tertiary/aromatic N) is 1. The topological polar surface area (TPSA) is 87.7 Å². The Balaban J connectivity index is 1.65. The molecule has 2 N–H and O–H groups in total. The van der Waals surface area contributed by atoms with Gasteiger partial charge >= 0.3 is 6.03 Å². The van der Waals surface area contributed by atoms with Crippen molar-refractivity contribution in [3.63, 3.8) is 0 Å². The van der Waals surface area contributed by atoms with E-state index in [2.05, 4.69) is 15.5 Å². The number of nitrogens with one attached hydrogen (secondary N) is 2. The van der Waals surface area contributed by atoms with Gasteiger partial charge in [0.2, 0.25) is 0 Å². The summed E-state index contributed by atoms with van der Waals surface area (Å²) in [6.07, 6.45) is 1.46. The number of halogens is 1. The highest BCUT2D eigenvalue weighted by Gasteiger charge is 2.23. The molecular weight excluding hydrogens is 354 g/mol. The van der Waals surface area contributed by atoms with Crippen molar-refractivity contribution in [2.45, 2.75) is 6.04 Å². The monoisotopic (exact) mass is 371 g/mol. The minimum Gasteiger partial charge on any atom is -0.378 e. The van der Waals surface area contributed by atoms with Gasteiger partial charge in [0.05, 0.1) is 35.7 Å². The number of carbonyl (C=O) groups is 1. The number of anilines is 2. The molecule has 2 amide bonds. The lowest BCUT2D eigenvalue weighted by molar-refractivity contribution is 0.122. The maximum Gasteiger partial charge on any atom is 0.319 e. The Morgan fingerprint density at radius 1 is 1.29 bits per heavy atom. The molecule has 0 aromatic heterocycles. The molecule has 7 nitrogen and oxygen atoms in total. The summed E-state index contributed by atoms with van der Waals surface area (Å²) in [5.41, 5.74) is 1.42. The maximum atomic E-state index is 12.1. The molecule has 2 aliphatic rings. The van der Waals surface area contributed by atoms with E-state index in [1.807, 2.05) is 6.07 Å². The molecule has 0 bridgehead atoms. The summed E-state index contributed by atoms with van der Waals surface area (Å²) in [6.45, 7) is 2.87. The van der Waals surface area contributed by atoms with Crippen molar-refractivity contribution >= 4 is 38.8 Å². The Morgan fingerprint density at radius 3 is 2.71 bits per heavy atom. The normalized spacial score (nSPS) is 22.4. The van der Waals surface area contributed by atoms with Crippen LogP contribution in [0, 0.1) is 0 Å². The average Bonchev–Trinajstić information content (AvgIpc) is 2.89. The largest absolute Gasteiger partial charge is 0.378 e. The van der Waals surface area contributed by atoms with Gasteiger partial charge in [0.25, 0.3) is 0 Å². The number of sulfone groups is 1. The molecule has 1 aromatic rings. The minimum absolute atomic E-state index is 0.123. The van der Waals surface area contributed by atoms with Crippen molar-refractivity contribution in [3.8, 4) is 0 Å². The molecule has 1 aromatic carbocycles. The average molecular weight is 372 g/mol. The Labute approximate surface area is 145 Å². The zero-order valence-electron chi connectivity index (χ0n) is 12.9. The van der Waals surface area contributed by atoms with Crippen LogP contribution < -0.4 is 15.5 Å². The minimum atomic E-state index is -3.21. The van der Waals surface area contributed by atoms with Gasteiger partial charge in [0.15, 0.2) is 9.84 Å². The number of hydrogen-bond acceptors (Lipinski definition) is 5. The smallest absolute Gasteiger partial charge is 0.319 e. The molecular formula is C15H18ClN3O4S. The quantitative estimate of drug-likeness (QED) is 0.842. The highest BCUT2D eigenvalue weighted by molar-refractivity contribution is 7.94. The van der Waals surface area contributed by atoms with E-state index in [1.54, 1.807) is 12.1 Å². The molecule has 2 aliphatic heterocycles. The Bertz CT molecular complexity index is 760. The number of hydrogen-bond donors (Lipinski definition) is 2. The number of amides is 2. The first-order valence-electron chi connectivity index (χ1n) is 7.54. The highest BCUT2D eigenvalue weighted by Crippen LogP contribution is 2.28. The van der Waals surface area contributed by atoms with Gasteiger partial charge in [-0.1, -0.05) is 11.6 Å². The Hall–Kier alpha value is -1.77. The number of benzene rings is 1. The van der Waals surface area contributed by atoms with E-state index < -0.39 is 21.9 Å². The molecule has 130 valence electrons. The third-order valence-electron chi connectivity index (χ3n) is 3.82. The molecule has 3 rings (SSSR count). The first kappa shape index (κ1) is 17.1. The van der Waals surface area contributed by atoms with Crippen LogP contribution in [0.5, 0.6) is 0 Å². The van der Waals surface area contributed by atoms with Gasteiger partial charge < -0.3 is 20.3 Å². The first-order valence-corrected chi connectivity index (χ1v) is 9.63. The lowest BCUT2D eigenvalue weighted by atomic mass is 10.2. The van der Waals surface area contributed by atoms with Crippen LogP contribution in [0.15, 0.2) is 29.7 Å². The summed E-state index contributed by atoms with van der Waals surface area (Å²) < 4.78 is 28.0. The summed E-state index contributed by atoms with van der Waals surface area (Å²) in [4.78, 5) is 14.2. The van der Waals surface area contributed by atoms with Crippen LogP contribution in [-0.2, 0) is 14.6 Å². The number of rotatable bonds is 3. The van der Waals surface area contributed by atoms with Crippen molar-refractivity contribution in [1.82, 2.24) is 5.32 Å². The lowest BCUT2D eigenvalue weighted by Crippen LogP contribution is -2.38. The molecule has 0 spiro atoms. The fourth-order valence-corrected chi connectivity index (χ4v) is 4.02. The predicted molar refractivity (Wildman–Crippen MR) is 93.4 cm³/mol. The van der Waals surface area contributed by atoms with Gasteiger partial charge in [-0.05, 0) is 24.3 Å². The fraction of sp³-hybridized carbons (Fsp3) is 0.400. The van der Waals surface area contributed by atoms with Crippen LogP contribution in [0.4, 0.5) is 16.2 Å². The van der Waals surface area contributed by atoms with E-state index in [9.17, 15) is 13.2 Å².